The fourth-order valence-corrected chi connectivity index (χ4v) is 2.65. The third-order valence-corrected chi connectivity index (χ3v) is 4.48. The average molecular weight is 361 g/mol. The summed E-state index contributed by atoms with van der Waals surface area (Å²) in [5.41, 5.74) is 0. The Morgan fingerprint density at radius 3 is 1.47 bits per heavy atom. The Labute approximate surface area is 112 Å². The fraction of sp³-hybridized carbons (Fsp3) is 1.00. The molecule has 0 amide bonds. The van der Waals surface area contributed by atoms with Crippen LogP contribution in [0.3, 0.4) is 0 Å². The molecule has 0 heterocycles. The molecule has 19 heavy (non-hydrogen) atoms. The predicted octanol–water partition coefficient (Wildman–Crippen LogP) is 4.63. The minimum atomic E-state index is -6.03. The van der Waals surface area contributed by atoms with Crippen LogP contribution in [0, 0.1) is 0 Å². The van der Waals surface area contributed by atoms with Gasteiger partial charge < -0.3 is 0 Å². The number of hydrogen-bond acceptors (Lipinski definition) is 0. The van der Waals surface area contributed by atoms with E-state index in [2.05, 4.69) is 0 Å². The van der Waals surface area contributed by atoms with Crippen molar-refractivity contribution in [3.05, 3.63) is 0 Å². The molecule has 0 spiro atoms. The zero-order chi connectivity index (χ0) is 15.8. The summed E-state index contributed by atoms with van der Waals surface area (Å²) in [4.78, 5) is 0. The lowest BCUT2D eigenvalue weighted by Crippen LogP contribution is -2.61. The van der Waals surface area contributed by atoms with Crippen LogP contribution in [0.25, 0.3) is 0 Å². The van der Waals surface area contributed by atoms with Gasteiger partial charge in [-0.3, -0.25) is 0 Å². The summed E-state index contributed by atoms with van der Waals surface area (Å²) in [6.07, 6.45) is -13.1. The van der Waals surface area contributed by atoms with E-state index in [1.165, 1.54) is 0 Å². The first-order valence-corrected chi connectivity index (χ1v) is 9.11. The Kier molecular flexibility index (Phi) is 5.93. The van der Waals surface area contributed by atoms with Crippen molar-refractivity contribution >= 4 is 28.9 Å². The Bertz CT molecular complexity index is 305. The van der Waals surface area contributed by atoms with Crippen LogP contribution in [-0.2, 0) is 0 Å². The first-order valence-electron chi connectivity index (χ1n) is 4.51. The van der Waals surface area contributed by atoms with E-state index in [1.807, 2.05) is 0 Å². The van der Waals surface area contributed by atoms with E-state index >= 15 is 0 Å². The van der Waals surface area contributed by atoms with Crippen LogP contribution in [0.15, 0.2) is 0 Å². The maximum absolute atomic E-state index is 13.1. The molecule has 0 radical (unpaired) electrons. The van der Waals surface area contributed by atoms with Gasteiger partial charge in [0.25, 0.3) is 13.1 Å². The number of rotatable bonds is 6. The lowest BCUT2D eigenvalue weighted by molar-refractivity contribution is -0.266. The van der Waals surface area contributed by atoms with E-state index < -0.39 is 43.1 Å². The Hall–Kier alpha value is 0.167. The molecule has 116 valence electrons. The molecule has 0 N–H and O–H groups in total. The Morgan fingerprint density at radius 1 is 0.842 bits per heavy atom. The smallest absolute Gasteiger partial charge is 0.241 e. The van der Waals surface area contributed by atoms with Gasteiger partial charge in [0, 0.05) is 0 Å². The van der Waals surface area contributed by atoms with Gasteiger partial charge in [-0.15, -0.1) is 22.2 Å². The summed E-state index contributed by atoms with van der Waals surface area (Å²) in [5.74, 6) is -15.7. The predicted molar refractivity (Wildman–Crippen MR) is 53.9 cm³/mol. The molecule has 0 saturated carbocycles. The first-order chi connectivity index (χ1) is 8.17. The fourth-order valence-electron chi connectivity index (χ4n) is 0.999. The van der Waals surface area contributed by atoms with Gasteiger partial charge >= 0.3 is 11.8 Å². The molecule has 0 nitrogen and oxygen atoms in total. The molecule has 0 saturated heterocycles. The van der Waals surface area contributed by atoms with Gasteiger partial charge in [0.15, 0.2) is 12.0 Å². The van der Waals surface area contributed by atoms with Gasteiger partial charge in [-0.1, -0.05) is 0 Å². The van der Waals surface area contributed by atoms with Gasteiger partial charge in [-0.2, -0.15) is 17.6 Å². The molecular formula is C7H7Cl2F9Si. The monoisotopic (exact) mass is 360 g/mol. The average Bonchev–Trinajstić information content (AvgIpc) is 2.23. The second kappa shape index (κ2) is 5.88. The summed E-state index contributed by atoms with van der Waals surface area (Å²) in [5, 5.41) is 0. The highest BCUT2D eigenvalue weighted by molar-refractivity contribution is 7.45. The molecule has 0 aromatic rings. The van der Waals surface area contributed by atoms with Gasteiger partial charge in [0.2, 0.25) is 6.17 Å². The molecule has 3 atom stereocenters. The second-order valence-corrected chi connectivity index (χ2v) is 11.5. The zero-order valence-electron chi connectivity index (χ0n) is 8.97. The maximum Gasteiger partial charge on any atom is 0.346 e. The van der Waals surface area contributed by atoms with Crippen LogP contribution in [0.4, 0.5) is 39.5 Å². The van der Waals surface area contributed by atoms with Crippen LogP contribution in [0.5, 0.6) is 0 Å². The van der Waals surface area contributed by atoms with Crippen LogP contribution >= 0.6 is 22.2 Å². The highest BCUT2D eigenvalue weighted by Gasteiger charge is 2.72. The molecule has 12 heteroatoms. The Morgan fingerprint density at radius 2 is 1.21 bits per heavy atom. The minimum absolute atomic E-state index is 0.498. The molecule has 0 aromatic carbocycles. The molecule has 3 unspecified atom stereocenters. The summed E-state index contributed by atoms with van der Waals surface area (Å²) in [6.45, 7) is -4.04. The van der Waals surface area contributed by atoms with Crippen molar-refractivity contribution in [1.82, 2.24) is 0 Å². The number of hydrogen-bond donors (Lipinski definition) is 0. The van der Waals surface area contributed by atoms with Crippen molar-refractivity contribution in [2.45, 2.75) is 43.0 Å². The van der Waals surface area contributed by atoms with Gasteiger partial charge in [-0.25, -0.2) is 22.0 Å². The highest BCUT2D eigenvalue weighted by Crippen LogP contribution is 2.47. The standard InChI is InChI=1S/C7H7Cl2F9Si/c1-19(8,9)5(14)7(17,18)6(15,16)3(11)2(10)4(12)13/h2-5H,1H3. The molecule has 0 aliphatic rings. The van der Waals surface area contributed by atoms with Gasteiger partial charge in [0.1, 0.15) is 0 Å². The first kappa shape index (κ1) is 19.2. The van der Waals surface area contributed by atoms with Crippen molar-refractivity contribution in [2.75, 3.05) is 0 Å². The van der Waals surface area contributed by atoms with Crippen molar-refractivity contribution in [1.29, 1.82) is 0 Å². The maximum atomic E-state index is 13.1. The van der Waals surface area contributed by atoms with Crippen molar-refractivity contribution in [3.63, 3.8) is 0 Å². The van der Waals surface area contributed by atoms with Gasteiger partial charge in [0.05, 0.1) is 0 Å². The molecule has 0 rings (SSSR count). The third-order valence-electron chi connectivity index (χ3n) is 2.07. The van der Waals surface area contributed by atoms with Crippen molar-refractivity contribution < 1.29 is 39.5 Å². The third kappa shape index (κ3) is 3.84. The molecule has 0 aliphatic heterocycles. The molecule has 0 aliphatic carbocycles. The van der Waals surface area contributed by atoms with Crippen molar-refractivity contribution in [3.8, 4) is 0 Å². The lowest BCUT2D eigenvalue weighted by atomic mass is 10.0. The second-order valence-electron chi connectivity index (χ2n) is 3.75. The Balaban J connectivity index is 5.39. The van der Waals surface area contributed by atoms with Crippen LogP contribution in [0.1, 0.15) is 0 Å². The van der Waals surface area contributed by atoms with E-state index in [1.54, 1.807) is 0 Å². The molecular weight excluding hydrogens is 354 g/mol. The van der Waals surface area contributed by atoms with Crippen LogP contribution in [0.2, 0.25) is 6.55 Å². The zero-order valence-corrected chi connectivity index (χ0v) is 11.5. The summed E-state index contributed by atoms with van der Waals surface area (Å²) in [7, 11) is 0. The van der Waals surface area contributed by atoms with Crippen LogP contribution < -0.4 is 0 Å². The van der Waals surface area contributed by atoms with E-state index in [-0.39, 0.29) is 0 Å². The number of alkyl halides is 9. The quantitative estimate of drug-likeness (QED) is 0.368. The lowest BCUT2D eigenvalue weighted by Gasteiger charge is -2.34. The summed E-state index contributed by atoms with van der Waals surface area (Å²) in [6, 6.07) is 0. The molecule has 0 bridgehead atoms. The normalized spacial score (nSPS) is 19.4. The summed E-state index contributed by atoms with van der Waals surface area (Å²) >= 11 is 9.95. The van der Waals surface area contributed by atoms with E-state index in [9.17, 15) is 39.5 Å². The van der Waals surface area contributed by atoms with E-state index in [4.69, 9.17) is 22.2 Å². The number of halogens is 11. The summed E-state index contributed by atoms with van der Waals surface area (Å²) < 4.78 is 114. The minimum Gasteiger partial charge on any atom is -0.241 e. The van der Waals surface area contributed by atoms with Crippen molar-refractivity contribution in [2.24, 2.45) is 0 Å². The highest BCUT2D eigenvalue weighted by atomic mass is 35.7. The van der Waals surface area contributed by atoms with E-state index in [0.717, 1.165) is 0 Å². The topological polar surface area (TPSA) is 0 Å². The SMILES string of the molecule is C[Si](Cl)(Cl)C(F)C(F)(F)C(F)(F)C(F)C(F)C(F)F. The molecule has 0 aromatic heterocycles. The van der Waals surface area contributed by atoms with Crippen LogP contribution in [-0.4, -0.2) is 43.1 Å². The molecule has 0 fully saturated rings. The van der Waals surface area contributed by atoms with Gasteiger partial charge in [-0.05, 0) is 6.55 Å². The largest absolute Gasteiger partial charge is 0.346 e. The van der Waals surface area contributed by atoms with E-state index in [0.29, 0.717) is 6.55 Å².